The van der Waals surface area contributed by atoms with Crippen molar-refractivity contribution in [3.8, 4) is 0 Å². The monoisotopic (exact) mass is 435 g/mol. The molecule has 116 valence electrons. The van der Waals surface area contributed by atoms with E-state index in [4.69, 9.17) is 0 Å². The van der Waals surface area contributed by atoms with Crippen molar-refractivity contribution in [3.63, 3.8) is 0 Å². The molecular weight excluding hydrogens is 421 g/mol. The number of hydrogen-bond acceptors (Lipinski definition) is 3. The molecule has 0 aromatic heterocycles. The second-order valence-corrected chi connectivity index (χ2v) is 7.36. The summed E-state index contributed by atoms with van der Waals surface area (Å²) in [7, 11) is 0. The molecule has 1 fully saturated rings. The average molecular weight is 435 g/mol. The predicted octanol–water partition coefficient (Wildman–Crippen LogP) is 4.57. The minimum absolute atomic E-state index is 0.192. The van der Waals surface area contributed by atoms with Crippen LogP contribution in [0.15, 0.2) is 59.5 Å². The van der Waals surface area contributed by atoms with Crippen molar-refractivity contribution < 1.29 is 9.59 Å². The molecular formula is C18H14INO2S. The number of hydrogen-bond donors (Lipinski definition) is 0. The fourth-order valence-corrected chi connectivity index (χ4v) is 3.51. The molecule has 23 heavy (non-hydrogen) atoms. The van der Waals surface area contributed by atoms with Crippen LogP contribution in [0, 0.1) is 3.57 Å². The van der Waals surface area contributed by atoms with E-state index >= 15 is 0 Å². The number of imide groups is 1. The largest absolute Gasteiger partial charge is 0.293 e. The normalized spacial score (nSPS) is 16.4. The predicted molar refractivity (Wildman–Crippen MR) is 102 cm³/mol. The van der Waals surface area contributed by atoms with E-state index in [1.165, 1.54) is 4.90 Å². The zero-order valence-electron chi connectivity index (χ0n) is 12.2. The van der Waals surface area contributed by atoms with E-state index in [1.807, 2.05) is 54.6 Å². The number of amides is 2. The van der Waals surface area contributed by atoms with E-state index in [0.29, 0.717) is 17.9 Å². The van der Waals surface area contributed by atoms with Gasteiger partial charge in [0.05, 0.1) is 4.91 Å². The van der Waals surface area contributed by atoms with E-state index in [-0.39, 0.29) is 11.1 Å². The Hall–Kier alpha value is -1.60. The van der Waals surface area contributed by atoms with Crippen molar-refractivity contribution in [2.75, 3.05) is 6.54 Å². The maximum atomic E-state index is 12.4. The van der Waals surface area contributed by atoms with Crippen LogP contribution in [0.2, 0.25) is 0 Å². The van der Waals surface area contributed by atoms with Gasteiger partial charge < -0.3 is 0 Å². The number of rotatable bonds is 4. The van der Waals surface area contributed by atoms with Gasteiger partial charge in [0.1, 0.15) is 0 Å². The first-order valence-corrected chi connectivity index (χ1v) is 9.08. The van der Waals surface area contributed by atoms with E-state index in [9.17, 15) is 9.59 Å². The van der Waals surface area contributed by atoms with Gasteiger partial charge in [0.2, 0.25) is 0 Å². The second kappa shape index (κ2) is 7.31. The number of carbonyl (C=O) groups is 2. The zero-order chi connectivity index (χ0) is 16.2. The van der Waals surface area contributed by atoms with Crippen molar-refractivity contribution in [3.05, 3.63) is 74.2 Å². The molecule has 0 radical (unpaired) electrons. The van der Waals surface area contributed by atoms with Gasteiger partial charge in [-0.05, 0) is 70.1 Å². The Labute approximate surface area is 152 Å². The number of carbonyl (C=O) groups excluding carboxylic acids is 2. The molecule has 0 bridgehead atoms. The summed E-state index contributed by atoms with van der Waals surface area (Å²) < 4.78 is 1.13. The van der Waals surface area contributed by atoms with Gasteiger partial charge in [-0.3, -0.25) is 14.5 Å². The third-order valence-corrected chi connectivity index (χ3v) is 5.13. The van der Waals surface area contributed by atoms with Crippen molar-refractivity contribution in [2.24, 2.45) is 0 Å². The zero-order valence-corrected chi connectivity index (χ0v) is 15.2. The summed E-state index contributed by atoms with van der Waals surface area (Å²) in [4.78, 5) is 26.3. The van der Waals surface area contributed by atoms with Crippen LogP contribution >= 0.6 is 34.4 Å². The third-order valence-electron chi connectivity index (χ3n) is 3.51. The number of benzene rings is 2. The summed E-state index contributed by atoms with van der Waals surface area (Å²) in [6, 6.07) is 17.7. The maximum absolute atomic E-state index is 12.4. The van der Waals surface area contributed by atoms with E-state index in [2.05, 4.69) is 22.6 Å². The van der Waals surface area contributed by atoms with Crippen molar-refractivity contribution in [2.45, 2.75) is 6.42 Å². The van der Waals surface area contributed by atoms with Crippen LogP contribution in [-0.2, 0) is 11.2 Å². The van der Waals surface area contributed by atoms with Crippen molar-refractivity contribution >= 4 is 51.6 Å². The van der Waals surface area contributed by atoms with Crippen LogP contribution in [0.4, 0.5) is 4.79 Å². The van der Waals surface area contributed by atoms with Crippen LogP contribution in [0.25, 0.3) is 6.08 Å². The van der Waals surface area contributed by atoms with E-state index in [0.717, 1.165) is 26.5 Å². The molecule has 2 aromatic carbocycles. The van der Waals surface area contributed by atoms with Gasteiger partial charge in [0.15, 0.2) is 0 Å². The summed E-state index contributed by atoms with van der Waals surface area (Å²) in [5, 5.41) is -0.192. The Morgan fingerprint density at radius 3 is 2.39 bits per heavy atom. The Morgan fingerprint density at radius 1 is 1.00 bits per heavy atom. The van der Waals surface area contributed by atoms with Crippen LogP contribution in [-0.4, -0.2) is 22.6 Å². The van der Waals surface area contributed by atoms with Gasteiger partial charge in [0, 0.05) is 10.1 Å². The van der Waals surface area contributed by atoms with Crippen LogP contribution in [0.5, 0.6) is 0 Å². The summed E-state index contributed by atoms with van der Waals surface area (Å²) in [5.41, 5.74) is 2.05. The van der Waals surface area contributed by atoms with Crippen LogP contribution in [0.3, 0.4) is 0 Å². The van der Waals surface area contributed by atoms with Gasteiger partial charge in [-0.15, -0.1) is 0 Å². The van der Waals surface area contributed by atoms with Gasteiger partial charge in [-0.2, -0.15) is 0 Å². The van der Waals surface area contributed by atoms with Gasteiger partial charge in [0.25, 0.3) is 11.1 Å². The van der Waals surface area contributed by atoms with Crippen LogP contribution < -0.4 is 0 Å². The molecule has 3 rings (SSSR count). The minimum atomic E-state index is -0.200. The quantitative estimate of drug-likeness (QED) is 0.522. The molecule has 3 nitrogen and oxygen atoms in total. The first kappa shape index (κ1) is 16.3. The third kappa shape index (κ3) is 4.03. The summed E-state index contributed by atoms with van der Waals surface area (Å²) in [6.45, 7) is 0.415. The first-order chi connectivity index (χ1) is 11.1. The minimum Gasteiger partial charge on any atom is -0.268 e. The van der Waals surface area contributed by atoms with E-state index in [1.54, 1.807) is 6.08 Å². The Bertz CT molecular complexity index is 756. The summed E-state index contributed by atoms with van der Waals surface area (Å²) in [5.74, 6) is -0.200. The highest BCUT2D eigenvalue weighted by atomic mass is 127. The molecule has 0 unspecified atom stereocenters. The number of thioether (sulfide) groups is 1. The van der Waals surface area contributed by atoms with Gasteiger partial charge >= 0.3 is 0 Å². The SMILES string of the molecule is O=C1S/C(=C/c2ccc(I)cc2)C(=O)N1CCc1ccccc1. The average Bonchev–Trinajstić information content (AvgIpc) is 2.82. The van der Waals surface area contributed by atoms with E-state index < -0.39 is 0 Å². The van der Waals surface area contributed by atoms with Crippen LogP contribution in [0.1, 0.15) is 11.1 Å². The molecule has 5 heteroatoms. The molecule has 0 spiro atoms. The lowest BCUT2D eigenvalue weighted by Gasteiger charge is -2.12. The smallest absolute Gasteiger partial charge is 0.268 e. The molecule has 2 aromatic rings. The highest BCUT2D eigenvalue weighted by Gasteiger charge is 2.34. The molecule has 1 aliphatic heterocycles. The summed E-state index contributed by atoms with van der Waals surface area (Å²) >= 11 is 3.25. The summed E-state index contributed by atoms with van der Waals surface area (Å²) in [6.07, 6.45) is 2.46. The topological polar surface area (TPSA) is 37.4 Å². The molecule has 1 heterocycles. The number of nitrogens with zero attached hydrogens (tertiary/aromatic N) is 1. The molecule has 0 aliphatic carbocycles. The lowest BCUT2D eigenvalue weighted by molar-refractivity contribution is -0.122. The highest BCUT2D eigenvalue weighted by molar-refractivity contribution is 14.1. The van der Waals surface area contributed by atoms with Crippen molar-refractivity contribution in [1.29, 1.82) is 0 Å². The Morgan fingerprint density at radius 2 is 1.70 bits per heavy atom. The standard InChI is InChI=1S/C18H14INO2S/c19-15-8-6-14(7-9-15)12-16-17(21)20(18(22)23-16)11-10-13-4-2-1-3-5-13/h1-9,12H,10-11H2/b16-12+. The van der Waals surface area contributed by atoms with Gasteiger partial charge in [-0.25, -0.2) is 0 Å². The highest BCUT2D eigenvalue weighted by Crippen LogP contribution is 2.32. The lowest BCUT2D eigenvalue weighted by atomic mass is 10.1. The molecule has 1 aliphatic rings. The number of halogens is 1. The Kier molecular flexibility index (Phi) is 5.17. The Balaban J connectivity index is 1.71. The molecule has 0 saturated carbocycles. The molecule has 0 N–H and O–H groups in total. The molecule has 0 atom stereocenters. The van der Waals surface area contributed by atoms with Gasteiger partial charge in [-0.1, -0.05) is 42.5 Å². The second-order valence-electron chi connectivity index (χ2n) is 5.12. The fraction of sp³-hybridized carbons (Fsp3) is 0.111. The maximum Gasteiger partial charge on any atom is 0.293 e. The first-order valence-electron chi connectivity index (χ1n) is 7.18. The fourth-order valence-electron chi connectivity index (χ4n) is 2.29. The molecule has 2 amide bonds. The molecule has 1 saturated heterocycles. The van der Waals surface area contributed by atoms with Crippen molar-refractivity contribution in [1.82, 2.24) is 4.90 Å². The lowest BCUT2D eigenvalue weighted by Crippen LogP contribution is -2.30.